The summed E-state index contributed by atoms with van der Waals surface area (Å²) in [6.07, 6.45) is 1.52. The van der Waals surface area contributed by atoms with Crippen LogP contribution >= 0.6 is 11.6 Å². The molecule has 9 heteroatoms. The first-order valence-corrected chi connectivity index (χ1v) is 9.71. The van der Waals surface area contributed by atoms with Crippen LogP contribution in [0.3, 0.4) is 0 Å². The molecule has 0 radical (unpaired) electrons. The van der Waals surface area contributed by atoms with Crippen molar-refractivity contribution in [2.45, 2.75) is 6.61 Å². The van der Waals surface area contributed by atoms with Crippen molar-refractivity contribution in [2.75, 3.05) is 0 Å². The van der Waals surface area contributed by atoms with Gasteiger partial charge in [-0.1, -0.05) is 35.9 Å². The molecule has 0 N–H and O–H groups in total. The number of aliphatic imine (C=N–C) groups is 1. The lowest BCUT2D eigenvalue weighted by atomic mass is 10.2. The molecule has 0 saturated carbocycles. The monoisotopic (exact) mass is 452 g/mol. The molecule has 160 valence electrons. The highest BCUT2D eigenvalue weighted by atomic mass is 35.5. The van der Waals surface area contributed by atoms with E-state index in [1.807, 2.05) is 0 Å². The van der Waals surface area contributed by atoms with Gasteiger partial charge in [0.25, 0.3) is 5.69 Å². The Morgan fingerprint density at radius 1 is 1.12 bits per heavy atom. The van der Waals surface area contributed by atoms with Gasteiger partial charge >= 0.3 is 5.97 Å². The van der Waals surface area contributed by atoms with E-state index < -0.39 is 10.9 Å². The van der Waals surface area contributed by atoms with E-state index >= 15 is 0 Å². The fraction of sp³-hybridized carbons (Fsp3) is 0.0435. The minimum atomic E-state index is -0.680. The Labute approximate surface area is 186 Å². The SMILES string of the molecule is O=C1OC(c2ccc([N+](=O)[O-])cc2Cl)=N/C1=C\c1cccc(OCc2cccc(F)c2)c1. The number of ether oxygens (including phenoxy) is 2. The normalized spacial score (nSPS) is 14.2. The number of carbonyl (C=O) groups is 1. The lowest BCUT2D eigenvalue weighted by Gasteiger charge is -2.07. The number of hydrogen-bond acceptors (Lipinski definition) is 6. The number of nitro benzene ring substituents is 1. The Balaban J connectivity index is 1.53. The maximum Gasteiger partial charge on any atom is 0.363 e. The van der Waals surface area contributed by atoms with Crippen LogP contribution in [0.2, 0.25) is 5.02 Å². The second-order valence-corrected chi connectivity index (χ2v) is 7.16. The molecule has 1 aliphatic heterocycles. The van der Waals surface area contributed by atoms with Crippen molar-refractivity contribution < 1.29 is 23.6 Å². The van der Waals surface area contributed by atoms with Gasteiger partial charge in [-0.25, -0.2) is 14.2 Å². The summed E-state index contributed by atoms with van der Waals surface area (Å²) in [5.74, 6) is -0.538. The summed E-state index contributed by atoms with van der Waals surface area (Å²) in [4.78, 5) is 26.7. The average molecular weight is 453 g/mol. The number of nitrogens with zero attached hydrogens (tertiary/aromatic N) is 2. The van der Waals surface area contributed by atoms with Crippen molar-refractivity contribution in [3.8, 4) is 5.75 Å². The molecule has 0 saturated heterocycles. The van der Waals surface area contributed by atoms with Gasteiger partial charge in [0.2, 0.25) is 5.90 Å². The highest BCUT2D eigenvalue weighted by Gasteiger charge is 2.26. The molecule has 3 aromatic rings. The highest BCUT2D eigenvalue weighted by molar-refractivity contribution is 6.34. The lowest BCUT2D eigenvalue weighted by molar-refractivity contribution is -0.384. The molecule has 4 rings (SSSR count). The minimum absolute atomic E-state index is 0.0386. The summed E-state index contributed by atoms with van der Waals surface area (Å²) in [5, 5.41) is 10.9. The summed E-state index contributed by atoms with van der Waals surface area (Å²) in [6.45, 7) is 0.181. The van der Waals surface area contributed by atoms with Gasteiger partial charge in [0.05, 0.1) is 15.5 Å². The zero-order chi connectivity index (χ0) is 22.7. The minimum Gasteiger partial charge on any atom is -0.489 e. The van der Waals surface area contributed by atoms with E-state index in [1.54, 1.807) is 36.4 Å². The fourth-order valence-electron chi connectivity index (χ4n) is 2.96. The molecule has 0 bridgehead atoms. The van der Waals surface area contributed by atoms with E-state index in [0.29, 0.717) is 16.9 Å². The number of halogens is 2. The van der Waals surface area contributed by atoms with Crippen LogP contribution in [0.4, 0.5) is 10.1 Å². The molecule has 0 amide bonds. The molecule has 32 heavy (non-hydrogen) atoms. The molecule has 3 aromatic carbocycles. The van der Waals surface area contributed by atoms with Gasteiger partial charge in [0, 0.05) is 12.1 Å². The van der Waals surface area contributed by atoms with E-state index in [9.17, 15) is 19.3 Å². The third-order valence-electron chi connectivity index (χ3n) is 4.47. The highest BCUT2D eigenvalue weighted by Crippen LogP contribution is 2.27. The standard InChI is InChI=1S/C23H14ClFN2O5/c24-20-12-17(27(29)30)7-8-19(20)22-26-21(23(28)32-22)11-14-3-2-6-18(10-14)31-13-15-4-1-5-16(25)9-15/h1-12H,13H2/b21-11-. The quantitative estimate of drug-likeness (QED) is 0.219. The number of benzene rings is 3. The van der Waals surface area contributed by atoms with Crippen molar-refractivity contribution in [2.24, 2.45) is 4.99 Å². The molecule has 1 aliphatic rings. The smallest absolute Gasteiger partial charge is 0.363 e. The van der Waals surface area contributed by atoms with Crippen molar-refractivity contribution in [3.05, 3.63) is 110 Å². The second kappa shape index (κ2) is 8.99. The zero-order valence-electron chi connectivity index (χ0n) is 16.3. The van der Waals surface area contributed by atoms with Crippen molar-refractivity contribution >= 4 is 35.2 Å². The van der Waals surface area contributed by atoms with Gasteiger partial charge in [-0.2, -0.15) is 0 Å². The Kier molecular flexibility index (Phi) is 5.96. The van der Waals surface area contributed by atoms with Gasteiger partial charge in [-0.15, -0.1) is 0 Å². The van der Waals surface area contributed by atoms with E-state index in [-0.39, 0.29) is 40.3 Å². The molecule has 0 atom stereocenters. The van der Waals surface area contributed by atoms with E-state index in [2.05, 4.69) is 4.99 Å². The van der Waals surface area contributed by atoms with Crippen LogP contribution in [0.5, 0.6) is 5.75 Å². The predicted octanol–water partition coefficient (Wildman–Crippen LogP) is 5.31. The summed E-state index contributed by atoms with van der Waals surface area (Å²) in [5.41, 5.74) is 1.43. The van der Waals surface area contributed by atoms with Gasteiger partial charge < -0.3 is 9.47 Å². The van der Waals surface area contributed by atoms with Crippen LogP contribution in [-0.2, 0) is 16.1 Å². The average Bonchev–Trinajstić information content (AvgIpc) is 3.12. The number of non-ortho nitro benzene ring substituents is 1. The van der Waals surface area contributed by atoms with Crippen LogP contribution in [0.25, 0.3) is 6.08 Å². The Bertz CT molecular complexity index is 1290. The molecule has 0 aromatic heterocycles. The summed E-state index contributed by atoms with van der Waals surface area (Å²) >= 11 is 6.09. The third kappa shape index (κ3) is 4.81. The van der Waals surface area contributed by atoms with Crippen LogP contribution in [0.1, 0.15) is 16.7 Å². The Hall–Kier alpha value is -4.04. The van der Waals surface area contributed by atoms with E-state index in [0.717, 1.165) is 6.07 Å². The number of carbonyl (C=O) groups excluding carboxylic acids is 1. The molecule has 0 unspecified atom stereocenters. The van der Waals surface area contributed by atoms with E-state index in [4.69, 9.17) is 21.1 Å². The van der Waals surface area contributed by atoms with Gasteiger partial charge in [0.15, 0.2) is 5.70 Å². The summed E-state index contributed by atoms with van der Waals surface area (Å²) in [6, 6.07) is 16.8. The molecule has 1 heterocycles. The van der Waals surface area contributed by atoms with Gasteiger partial charge in [-0.05, 0) is 47.5 Å². The fourth-order valence-corrected chi connectivity index (χ4v) is 3.22. The number of esters is 1. The number of nitro groups is 1. The van der Waals surface area contributed by atoms with Crippen molar-refractivity contribution in [1.82, 2.24) is 0 Å². The van der Waals surface area contributed by atoms with Crippen molar-refractivity contribution in [3.63, 3.8) is 0 Å². The Morgan fingerprint density at radius 2 is 1.94 bits per heavy atom. The largest absolute Gasteiger partial charge is 0.489 e. The first-order valence-electron chi connectivity index (χ1n) is 9.33. The summed E-state index contributed by atoms with van der Waals surface area (Å²) < 4.78 is 24.2. The molecule has 0 aliphatic carbocycles. The number of cyclic esters (lactones) is 1. The zero-order valence-corrected chi connectivity index (χ0v) is 17.1. The number of rotatable bonds is 6. The molecule has 0 spiro atoms. The number of hydrogen-bond donors (Lipinski definition) is 0. The van der Waals surface area contributed by atoms with E-state index in [1.165, 1.54) is 30.3 Å². The topological polar surface area (TPSA) is 91.0 Å². The van der Waals surface area contributed by atoms with Crippen LogP contribution in [0.15, 0.2) is 77.4 Å². The second-order valence-electron chi connectivity index (χ2n) is 6.75. The first kappa shape index (κ1) is 21.2. The van der Waals surface area contributed by atoms with Crippen LogP contribution in [0, 0.1) is 15.9 Å². The molecule has 7 nitrogen and oxygen atoms in total. The summed E-state index contributed by atoms with van der Waals surface area (Å²) in [7, 11) is 0. The lowest BCUT2D eigenvalue weighted by Crippen LogP contribution is -2.06. The molecule has 0 fully saturated rings. The maximum atomic E-state index is 13.3. The Morgan fingerprint density at radius 3 is 2.69 bits per heavy atom. The third-order valence-corrected chi connectivity index (χ3v) is 4.78. The van der Waals surface area contributed by atoms with Crippen molar-refractivity contribution in [1.29, 1.82) is 0 Å². The first-order chi connectivity index (χ1) is 15.4. The molecular weight excluding hydrogens is 439 g/mol. The van der Waals surface area contributed by atoms with Gasteiger partial charge in [-0.3, -0.25) is 10.1 Å². The van der Waals surface area contributed by atoms with Crippen LogP contribution in [-0.4, -0.2) is 16.8 Å². The van der Waals surface area contributed by atoms with Gasteiger partial charge in [0.1, 0.15) is 18.2 Å². The maximum absolute atomic E-state index is 13.3. The predicted molar refractivity (Wildman–Crippen MR) is 116 cm³/mol. The van der Waals surface area contributed by atoms with Crippen LogP contribution < -0.4 is 4.74 Å². The molecular formula is C23H14ClFN2O5.